The third-order valence-electron chi connectivity index (χ3n) is 2.88. The number of hydrogen-bond donors (Lipinski definition) is 1. The zero-order chi connectivity index (χ0) is 13.7. The normalized spacial score (nSPS) is 12.5. The highest BCUT2D eigenvalue weighted by atomic mass is 32.2. The molecule has 1 heterocycles. The van der Waals surface area contributed by atoms with Crippen molar-refractivity contribution in [2.75, 3.05) is 6.54 Å². The third-order valence-corrected chi connectivity index (χ3v) is 4.37. The summed E-state index contributed by atoms with van der Waals surface area (Å²) in [4.78, 5) is 0.882. The number of nitrogens with one attached hydrogen (secondary N) is 1. The second kappa shape index (κ2) is 6.68. The molecule has 1 aromatic heterocycles. The zero-order valence-electron chi connectivity index (χ0n) is 11.3. The van der Waals surface area contributed by atoms with Crippen LogP contribution in [0.3, 0.4) is 0 Å². The fourth-order valence-electron chi connectivity index (χ4n) is 1.86. The van der Waals surface area contributed by atoms with E-state index in [4.69, 9.17) is 4.42 Å². The van der Waals surface area contributed by atoms with Crippen LogP contribution in [0.1, 0.15) is 24.0 Å². The minimum atomic E-state index is -1.05. The van der Waals surface area contributed by atoms with E-state index in [0.29, 0.717) is 12.3 Å². The van der Waals surface area contributed by atoms with Gasteiger partial charge in [-0.3, -0.25) is 4.21 Å². The predicted molar refractivity (Wildman–Crippen MR) is 77.4 cm³/mol. The van der Waals surface area contributed by atoms with Crippen LogP contribution in [0.5, 0.6) is 0 Å². The lowest BCUT2D eigenvalue weighted by atomic mass is 10.2. The van der Waals surface area contributed by atoms with Crippen molar-refractivity contribution in [1.29, 1.82) is 0 Å². The summed E-state index contributed by atoms with van der Waals surface area (Å²) in [7, 11) is -1.05. The van der Waals surface area contributed by atoms with Gasteiger partial charge in [-0.25, -0.2) is 0 Å². The van der Waals surface area contributed by atoms with E-state index in [-0.39, 0.29) is 0 Å². The number of benzene rings is 1. The Balaban J connectivity index is 2.03. The Hall–Kier alpha value is -1.39. The number of hydrogen-bond acceptors (Lipinski definition) is 3. The molecule has 3 nitrogen and oxygen atoms in total. The molecule has 0 fully saturated rings. The molecule has 19 heavy (non-hydrogen) atoms. The smallest absolute Gasteiger partial charge is 0.118 e. The molecule has 1 unspecified atom stereocenters. The number of furan rings is 1. The number of rotatable bonds is 6. The zero-order valence-corrected chi connectivity index (χ0v) is 12.1. The summed E-state index contributed by atoms with van der Waals surface area (Å²) in [6, 6.07) is 11.6. The molecule has 0 amide bonds. The van der Waals surface area contributed by atoms with Gasteiger partial charge in [0, 0.05) is 4.90 Å². The Morgan fingerprint density at radius 2 is 1.89 bits per heavy atom. The van der Waals surface area contributed by atoms with E-state index >= 15 is 0 Å². The molecule has 2 aromatic rings. The first kappa shape index (κ1) is 14.0. The molecule has 4 heteroatoms. The molecule has 1 aromatic carbocycles. The summed E-state index contributed by atoms with van der Waals surface area (Å²) in [6.07, 6.45) is 0. The maximum atomic E-state index is 12.3. The van der Waals surface area contributed by atoms with Crippen LogP contribution in [-0.2, 0) is 23.1 Å². The first-order valence-corrected chi connectivity index (χ1v) is 7.75. The lowest BCUT2D eigenvalue weighted by Gasteiger charge is -2.04. The SMILES string of the molecule is CCNCc1ccc(CS(=O)c2ccccc2C)o1. The van der Waals surface area contributed by atoms with Crippen LogP contribution in [0.15, 0.2) is 45.7 Å². The van der Waals surface area contributed by atoms with E-state index in [2.05, 4.69) is 12.2 Å². The predicted octanol–water partition coefficient (Wildman–Crippen LogP) is 3.01. The Labute approximate surface area is 116 Å². The molecule has 0 aliphatic carbocycles. The molecule has 1 atom stereocenters. The highest BCUT2D eigenvalue weighted by Crippen LogP contribution is 2.17. The molecular formula is C15H19NO2S. The highest BCUT2D eigenvalue weighted by molar-refractivity contribution is 7.84. The van der Waals surface area contributed by atoms with Gasteiger partial charge >= 0.3 is 0 Å². The molecular weight excluding hydrogens is 258 g/mol. The van der Waals surface area contributed by atoms with Gasteiger partial charge in [-0.05, 0) is 37.2 Å². The van der Waals surface area contributed by atoms with E-state index < -0.39 is 10.8 Å². The van der Waals surface area contributed by atoms with Gasteiger partial charge in [0.1, 0.15) is 11.5 Å². The molecule has 0 aliphatic rings. The highest BCUT2D eigenvalue weighted by Gasteiger charge is 2.10. The Kier molecular flexibility index (Phi) is 4.93. The van der Waals surface area contributed by atoms with E-state index in [9.17, 15) is 4.21 Å². The summed E-state index contributed by atoms with van der Waals surface area (Å²) in [5, 5.41) is 3.20. The fraction of sp³-hybridized carbons (Fsp3) is 0.333. The van der Waals surface area contributed by atoms with Crippen molar-refractivity contribution in [2.24, 2.45) is 0 Å². The Morgan fingerprint density at radius 1 is 1.16 bits per heavy atom. The number of aryl methyl sites for hydroxylation is 1. The van der Waals surface area contributed by atoms with Gasteiger partial charge in [-0.15, -0.1) is 0 Å². The van der Waals surface area contributed by atoms with Crippen LogP contribution in [-0.4, -0.2) is 10.8 Å². The van der Waals surface area contributed by atoms with Crippen molar-refractivity contribution in [1.82, 2.24) is 5.32 Å². The van der Waals surface area contributed by atoms with E-state index in [1.54, 1.807) is 0 Å². The van der Waals surface area contributed by atoms with Gasteiger partial charge in [-0.1, -0.05) is 25.1 Å². The minimum absolute atomic E-state index is 0.428. The molecule has 0 radical (unpaired) electrons. The summed E-state index contributed by atoms with van der Waals surface area (Å²) in [5.74, 6) is 2.09. The topological polar surface area (TPSA) is 42.2 Å². The van der Waals surface area contributed by atoms with Crippen molar-refractivity contribution < 1.29 is 8.63 Å². The van der Waals surface area contributed by atoms with Crippen LogP contribution in [0.25, 0.3) is 0 Å². The van der Waals surface area contributed by atoms with Crippen molar-refractivity contribution in [3.05, 3.63) is 53.5 Å². The molecule has 102 valence electrons. The largest absolute Gasteiger partial charge is 0.464 e. The molecule has 0 aliphatic heterocycles. The monoisotopic (exact) mass is 277 g/mol. The van der Waals surface area contributed by atoms with Crippen molar-refractivity contribution in [3.63, 3.8) is 0 Å². The minimum Gasteiger partial charge on any atom is -0.464 e. The Morgan fingerprint density at radius 3 is 2.63 bits per heavy atom. The standard InChI is InChI=1S/C15H19NO2S/c1-3-16-10-13-8-9-14(18-13)11-19(17)15-7-5-4-6-12(15)2/h4-9,16H,3,10-11H2,1-2H3. The van der Waals surface area contributed by atoms with Gasteiger partial charge in [0.2, 0.25) is 0 Å². The van der Waals surface area contributed by atoms with E-state index in [0.717, 1.165) is 28.5 Å². The first-order valence-electron chi connectivity index (χ1n) is 6.43. The van der Waals surface area contributed by atoms with Crippen LogP contribution >= 0.6 is 0 Å². The maximum Gasteiger partial charge on any atom is 0.118 e. The van der Waals surface area contributed by atoms with E-state index in [1.807, 2.05) is 43.3 Å². The summed E-state index contributed by atoms with van der Waals surface area (Å²) < 4.78 is 18.0. The summed E-state index contributed by atoms with van der Waals surface area (Å²) in [6.45, 7) is 5.65. The van der Waals surface area contributed by atoms with Crippen LogP contribution < -0.4 is 5.32 Å². The van der Waals surface area contributed by atoms with Gasteiger partial charge in [0.15, 0.2) is 0 Å². The van der Waals surface area contributed by atoms with Gasteiger partial charge in [0.05, 0.1) is 23.1 Å². The quantitative estimate of drug-likeness (QED) is 0.882. The van der Waals surface area contributed by atoms with Crippen molar-refractivity contribution in [3.8, 4) is 0 Å². The van der Waals surface area contributed by atoms with Crippen LogP contribution in [0.2, 0.25) is 0 Å². The molecule has 0 saturated carbocycles. The van der Waals surface area contributed by atoms with Crippen LogP contribution in [0.4, 0.5) is 0 Å². The molecule has 0 spiro atoms. The second-order valence-electron chi connectivity index (χ2n) is 4.40. The Bertz CT molecular complexity index is 563. The average Bonchev–Trinajstić information content (AvgIpc) is 2.84. The lowest BCUT2D eigenvalue weighted by Crippen LogP contribution is -2.10. The lowest BCUT2D eigenvalue weighted by molar-refractivity contribution is 0.461. The fourth-order valence-corrected chi connectivity index (χ4v) is 3.09. The molecule has 0 bridgehead atoms. The summed E-state index contributed by atoms with van der Waals surface area (Å²) >= 11 is 0. The molecule has 0 saturated heterocycles. The van der Waals surface area contributed by atoms with Crippen LogP contribution in [0, 0.1) is 6.92 Å². The second-order valence-corrected chi connectivity index (χ2v) is 5.82. The van der Waals surface area contributed by atoms with Gasteiger partial charge in [-0.2, -0.15) is 0 Å². The third kappa shape index (κ3) is 3.78. The van der Waals surface area contributed by atoms with E-state index in [1.165, 1.54) is 0 Å². The average molecular weight is 277 g/mol. The first-order chi connectivity index (χ1) is 9.20. The molecule has 1 N–H and O–H groups in total. The summed E-state index contributed by atoms with van der Waals surface area (Å²) in [5.41, 5.74) is 1.06. The van der Waals surface area contributed by atoms with Gasteiger partial charge in [0.25, 0.3) is 0 Å². The van der Waals surface area contributed by atoms with Crippen molar-refractivity contribution >= 4 is 10.8 Å². The van der Waals surface area contributed by atoms with Gasteiger partial charge < -0.3 is 9.73 Å². The maximum absolute atomic E-state index is 12.3. The van der Waals surface area contributed by atoms with Crippen molar-refractivity contribution in [2.45, 2.75) is 31.0 Å². The molecule has 2 rings (SSSR count).